The number of nitrogens with zero attached hydrogens (tertiary/aromatic N) is 1. The molecule has 1 aliphatic carbocycles. The van der Waals surface area contributed by atoms with E-state index in [1.807, 2.05) is 0 Å². The summed E-state index contributed by atoms with van der Waals surface area (Å²) in [4.78, 5) is 26.9. The van der Waals surface area contributed by atoms with Crippen LogP contribution in [0.4, 0.5) is 8.78 Å². The number of nitrogens with two attached hydrogens (primary N) is 1. The number of ether oxygens (including phenoxy) is 2. The minimum absolute atomic E-state index is 0.0942. The minimum Gasteiger partial charge on any atom is -0.496 e. The molecule has 8 heteroatoms. The Bertz CT molecular complexity index is 1000. The van der Waals surface area contributed by atoms with Crippen molar-refractivity contribution in [3.05, 3.63) is 58.7 Å². The molecule has 31 heavy (non-hydrogen) atoms. The maximum Gasteiger partial charge on any atom is 0.269 e. The number of carbonyl (C=O) groups excluding carboxylic acids is 2. The summed E-state index contributed by atoms with van der Waals surface area (Å²) in [7, 11) is 2.69. The molecule has 2 aromatic rings. The van der Waals surface area contributed by atoms with E-state index in [0.717, 1.165) is 23.6 Å². The van der Waals surface area contributed by atoms with Crippen molar-refractivity contribution in [1.29, 1.82) is 0 Å². The quantitative estimate of drug-likeness (QED) is 0.320. The first kappa shape index (κ1) is 22.7. The Morgan fingerprint density at radius 2 is 1.68 bits per heavy atom. The largest absolute Gasteiger partial charge is 0.496 e. The van der Waals surface area contributed by atoms with E-state index in [9.17, 15) is 18.4 Å². The molecule has 0 bridgehead atoms. The molecule has 1 aliphatic rings. The topological polar surface area (TPSA) is 81.9 Å². The Labute approximate surface area is 179 Å². The molecule has 1 amide bonds. The molecule has 0 atom stereocenters. The third-order valence-corrected chi connectivity index (χ3v) is 5.99. The van der Waals surface area contributed by atoms with Gasteiger partial charge in [0.2, 0.25) is 5.82 Å². The van der Waals surface area contributed by atoms with Crippen molar-refractivity contribution in [3.63, 3.8) is 0 Å². The summed E-state index contributed by atoms with van der Waals surface area (Å²) in [6, 6.07) is 6.98. The molecule has 166 valence electrons. The van der Waals surface area contributed by atoms with Gasteiger partial charge in [-0.1, -0.05) is 25.3 Å². The van der Waals surface area contributed by atoms with Crippen LogP contribution in [0.3, 0.4) is 0 Å². The number of amides is 1. The first-order valence-electron chi connectivity index (χ1n) is 10.1. The highest BCUT2D eigenvalue weighted by Crippen LogP contribution is 2.37. The lowest BCUT2D eigenvalue weighted by molar-refractivity contribution is 0.0295. The second-order valence-corrected chi connectivity index (χ2v) is 7.70. The van der Waals surface area contributed by atoms with Crippen molar-refractivity contribution in [2.45, 2.75) is 44.6 Å². The van der Waals surface area contributed by atoms with Crippen molar-refractivity contribution < 1.29 is 27.8 Å². The van der Waals surface area contributed by atoms with Crippen LogP contribution in [0.2, 0.25) is 0 Å². The van der Waals surface area contributed by atoms with Crippen LogP contribution in [0.5, 0.6) is 11.5 Å². The molecule has 2 N–H and O–H groups in total. The normalized spacial score (nSPS) is 15.3. The highest BCUT2D eigenvalue weighted by Gasteiger charge is 2.47. The molecule has 6 nitrogen and oxygen atoms in total. The molecular weight excluding hydrogens is 406 g/mol. The molecular formula is C23H26F2N2O4. The van der Waals surface area contributed by atoms with E-state index in [2.05, 4.69) is 0 Å². The summed E-state index contributed by atoms with van der Waals surface area (Å²) in [5.41, 5.74) is -0.566. The van der Waals surface area contributed by atoms with Crippen LogP contribution in [-0.4, -0.2) is 36.5 Å². The first-order valence-corrected chi connectivity index (χ1v) is 10.1. The number of hydrogen-bond acceptors (Lipinski definition) is 5. The SMILES string of the molecule is COc1cccc(C(=O)N(N)C2(C(=O)c3cc(F)c(F)c(OC)c3)CCCCC2)c1C. The number of ketones is 1. The highest BCUT2D eigenvalue weighted by molar-refractivity contribution is 6.07. The van der Waals surface area contributed by atoms with Crippen LogP contribution in [-0.2, 0) is 0 Å². The highest BCUT2D eigenvalue weighted by atomic mass is 19.2. The number of hydrazine groups is 1. The third-order valence-electron chi connectivity index (χ3n) is 5.99. The number of methoxy groups -OCH3 is 2. The van der Waals surface area contributed by atoms with Gasteiger partial charge in [-0.05, 0) is 44.0 Å². The number of Topliss-reactive ketones (excluding diaryl/α,β-unsaturated/α-hetero) is 1. The Kier molecular flexibility index (Phi) is 6.59. The Morgan fingerprint density at radius 1 is 1.03 bits per heavy atom. The van der Waals surface area contributed by atoms with E-state index >= 15 is 0 Å². The fraction of sp³-hybridized carbons (Fsp3) is 0.391. The van der Waals surface area contributed by atoms with Gasteiger partial charge in [-0.2, -0.15) is 4.39 Å². The predicted octanol–water partition coefficient (Wildman–Crippen LogP) is 4.19. The number of halogens is 2. The second kappa shape index (κ2) is 9.01. The Hall–Kier alpha value is -3.00. The molecule has 0 heterocycles. The zero-order valence-electron chi connectivity index (χ0n) is 17.8. The van der Waals surface area contributed by atoms with Gasteiger partial charge < -0.3 is 9.47 Å². The summed E-state index contributed by atoms with van der Waals surface area (Å²) in [5, 5.41) is 0.962. The van der Waals surface area contributed by atoms with E-state index in [-0.39, 0.29) is 11.3 Å². The van der Waals surface area contributed by atoms with Gasteiger partial charge in [0.1, 0.15) is 11.3 Å². The van der Waals surface area contributed by atoms with Gasteiger partial charge >= 0.3 is 0 Å². The summed E-state index contributed by atoms with van der Waals surface area (Å²) in [6.07, 6.45) is 2.86. The van der Waals surface area contributed by atoms with E-state index in [0.29, 0.717) is 42.6 Å². The van der Waals surface area contributed by atoms with Gasteiger partial charge in [0.15, 0.2) is 17.3 Å². The molecule has 0 saturated heterocycles. The lowest BCUT2D eigenvalue weighted by Crippen LogP contribution is -2.61. The van der Waals surface area contributed by atoms with Crippen LogP contribution in [0, 0.1) is 18.6 Å². The predicted molar refractivity (Wildman–Crippen MR) is 111 cm³/mol. The molecule has 2 aromatic carbocycles. The molecule has 0 unspecified atom stereocenters. The number of hydrogen-bond donors (Lipinski definition) is 1. The third kappa shape index (κ3) is 3.99. The van der Waals surface area contributed by atoms with Crippen molar-refractivity contribution in [2.75, 3.05) is 14.2 Å². The van der Waals surface area contributed by atoms with Crippen LogP contribution in [0.1, 0.15) is 58.4 Å². The molecule has 1 fully saturated rings. The fourth-order valence-corrected chi connectivity index (χ4v) is 4.22. The van der Waals surface area contributed by atoms with E-state index in [1.165, 1.54) is 14.2 Å². The molecule has 1 saturated carbocycles. The molecule has 0 spiro atoms. The van der Waals surface area contributed by atoms with Crippen molar-refractivity contribution in [1.82, 2.24) is 5.01 Å². The molecule has 0 radical (unpaired) electrons. The number of benzene rings is 2. The van der Waals surface area contributed by atoms with Crippen molar-refractivity contribution in [3.8, 4) is 11.5 Å². The Morgan fingerprint density at radius 3 is 2.29 bits per heavy atom. The summed E-state index contributed by atoms with van der Waals surface area (Å²) in [6.45, 7) is 1.73. The van der Waals surface area contributed by atoms with E-state index in [1.54, 1.807) is 25.1 Å². The van der Waals surface area contributed by atoms with Gasteiger partial charge in [0, 0.05) is 16.7 Å². The maximum absolute atomic E-state index is 14.1. The summed E-state index contributed by atoms with van der Waals surface area (Å²) < 4.78 is 38.1. The van der Waals surface area contributed by atoms with Crippen LogP contribution in [0.25, 0.3) is 0 Å². The van der Waals surface area contributed by atoms with Gasteiger partial charge in [0.05, 0.1) is 14.2 Å². The molecule has 0 aromatic heterocycles. The number of rotatable bonds is 6. The van der Waals surface area contributed by atoms with Gasteiger partial charge in [-0.3, -0.25) is 14.6 Å². The average Bonchev–Trinajstić information content (AvgIpc) is 2.79. The maximum atomic E-state index is 14.1. The van der Waals surface area contributed by atoms with Gasteiger partial charge in [-0.25, -0.2) is 10.2 Å². The first-order chi connectivity index (χ1) is 14.8. The average molecular weight is 432 g/mol. The smallest absolute Gasteiger partial charge is 0.269 e. The lowest BCUT2D eigenvalue weighted by Gasteiger charge is -2.42. The second-order valence-electron chi connectivity index (χ2n) is 7.70. The summed E-state index contributed by atoms with van der Waals surface area (Å²) in [5.74, 6) is 3.00. The Balaban J connectivity index is 2.06. The monoisotopic (exact) mass is 432 g/mol. The van der Waals surface area contributed by atoms with Gasteiger partial charge in [0.25, 0.3) is 5.91 Å². The van der Waals surface area contributed by atoms with Crippen molar-refractivity contribution in [2.24, 2.45) is 5.84 Å². The minimum atomic E-state index is -1.37. The van der Waals surface area contributed by atoms with Gasteiger partial charge in [-0.15, -0.1) is 0 Å². The zero-order chi connectivity index (χ0) is 22.8. The zero-order valence-corrected chi connectivity index (χ0v) is 17.8. The van der Waals surface area contributed by atoms with Crippen molar-refractivity contribution >= 4 is 11.7 Å². The van der Waals surface area contributed by atoms with Crippen LogP contribution in [0.15, 0.2) is 30.3 Å². The number of carbonyl (C=O) groups is 2. The summed E-state index contributed by atoms with van der Waals surface area (Å²) >= 11 is 0. The van der Waals surface area contributed by atoms with Crippen LogP contribution >= 0.6 is 0 Å². The lowest BCUT2D eigenvalue weighted by atomic mass is 9.75. The fourth-order valence-electron chi connectivity index (χ4n) is 4.22. The molecule has 3 rings (SSSR count). The van der Waals surface area contributed by atoms with Crippen LogP contribution < -0.4 is 15.3 Å². The van der Waals surface area contributed by atoms with E-state index in [4.69, 9.17) is 15.3 Å². The van der Waals surface area contributed by atoms with E-state index < -0.39 is 28.9 Å². The standard InChI is InChI=1S/C23H26F2N2O4/c1-14-16(8-7-9-18(14)30-2)22(29)27(26)23(10-5-4-6-11-23)21(28)15-12-17(24)20(25)19(13-15)31-3/h7-9,12-13H,4-6,10-11,26H2,1-3H3. The molecule has 0 aliphatic heterocycles.